The minimum atomic E-state index is 0.223. The Morgan fingerprint density at radius 3 is 2.72 bits per heavy atom. The van der Waals surface area contributed by atoms with E-state index in [1.807, 2.05) is 24.3 Å². The van der Waals surface area contributed by atoms with Crippen molar-refractivity contribution in [1.82, 2.24) is 10.2 Å². The van der Waals surface area contributed by atoms with E-state index in [-0.39, 0.29) is 6.61 Å². The molecule has 2 rings (SSSR count). The lowest BCUT2D eigenvalue weighted by molar-refractivity contribution is 0.296. The number of rotatable bonds is 6. The monoisotopic (exact) mass is 328 g/mol. The lowest BCUT2D eigenvalue weighted by Gasteiger charge is -1.96. The average Bonchev–Trinajstić information content (AvgIpc) is 2.84. The first-order valence-electron chi connectivity index (χ1n) is 5.56. The highest BCUT2D eigenvalue weighted by molar-refractivity contribution is 9.10. The fraction of sp³-hybridized carbons (Fsp3) is 0.333. The number of aliphatic hydroxyl groups is 1. The highest BCUT2D eigenvalue weighted by atomic mass is 79.9. The lowest BCUT2D eigenvalue weighted by Crippen LogP contribution is -1.87. The van der Waals surface area contributed by atoms with Gasteiger partial charge in [-0.1, -0.05) is 15.9 Å². The maximum absolute atomic E-state index is 8.67. The van der Waals surface area contributed by atoms with Gasteiger partial charge in [0.2, 0.25) is 11.8 Å². The molecule has 1 aromatic carbocycles. The van der Waals surface area contributed by atoms with Gasteiger partial charge in [0, 0.05) is 16.6 Å². The smallest absolute Gasteiger partial charge is 0.247 e. The summed E-state index contributed by atoms with van der Waals surface area (Å²) in [5.41, 5.74) is 0.914. The summed E-state index contributed by atoms with van der Waals surface area (Å²) in [5, 5.41) is 16.7. The molecule has 0 saturated carbocycles. The van der Waals surface area contributed by atoms with E-state index in [0.29, 0.717) is 17.5 Å². The van der Waals surface area contributed by atoms with Crippen LogP contribution in [-0.4, -0.2) is 27.7 Å². The van der Waals surface area contributed by atoms with Gasteiger partial charge in [0.1, 0.15) is 0 Å². The SMILES string of the molecule is OCCCSCc1nnc(-c2ccc(Br)cc2)o1. The largest absolute Gasteiger partial charge is 0.420 e. The number of aromatic nitrogens is 2. The number of nitrogens with zero attached hydrogens (tertiary/aromatic N) is 2. The van der Waals surface area contributed by atoms with Crippen molar-refractivity contribution in [2.45, 2.75) is 12.2 Å². The molecule has 1 aromatic heterocycles. The zero-order valence-electron chi connectivity index (χ0n) is 9.67. The van der Waals surface area contributed by atoms with Gasteiger partial charge in [-0.05, 0) is 36.4 Å². The predicted octanol–water partition coefficient (Wildman–Crippen LogP) is 3.11. The minimum absolute atomic E-state index is 0.223. The second kappa shape index (κ2) is 6.92. The minimum Gasteiger partial charge on any atom is -0.420 e. The normalized spacial score (nSPS) is 10.8. The van der Waals surface area contributed by atoms with E-state index in [0.717, 1.165) is 22.2 Å². The molecule has 0 saturated heterocycles. The van der Waals surface area contributed by atoms with E-state index < -0.39 is 0 Å². The summed E-state index contributed by atoms with van der Waals surface area (Å²) in [6.45, 7) is 0.223. The maximum atomic E-state index is 8.67. The Morgan fingerprint density at radius 1 is 1.22 bits per heavy atom. The van der Waals surface area contributed by atoms with Gasteiger partial charge in [0.05, 0.1) is 5.75 Å². The molecule has 1 heterocycles. The van der Waals surface area contributed by atoms with Crippen molar-refractivity contribution in [3.63, 3.8) is 0 Å². The first-order valence-corrected chi connectivity index (χ1v) is 7.51. The molecule has 0 fully saturated rings. The first-order chi connectivity index (χ1) is 8.79. The Labute approximate surface area is 118 Å². The summed E-state index contributed by atoms with van der Waals surface area (Å²) in [4.78, 5) is 0. The molecule has 0 atom stereocenters. The summed E-state index contributed by atoms with van der Waals surface area (Å²) in [6, 6.07) is 7.74. The van der Waals surface area contributed by atoms with Crippen molar-refractivity contribution in [3.8, 4) is 11.5 Å². The molecule has 1 N–H and O–H groups in total. The summed E-state index contributed by atoms with van der Waals surface area (Å²) < 4.78 is 6.59. The molecular formula is C12H13BrN2O2S. The molecule has 18 heavy (non-hydrogen) atoms. The van der Waals surface area contributed by atoms with Crippen molar-refractivity contribution in [1.29, 1.82) is 0 Å². The first kappa shape index (κ1) is 13.6. The molecule has 0 unspecified atom stereocenters. The highest BCUT2D eigenvalue weighted by Crippen LogP contribution is 2.21. The molecule has 0 aliphatic heterocycles. The van der Waals surface area contributed by atoms with Crippen molar-refractivity contribution in [2.24, 2.45) is 0 Å². The third-order valence-corrected chi connectivity index (χ3v) is 3.79. The molecule has 2 aromatic rings. The number of hydrogen-bond donors (Lipinski definition) is 1. The molecule has 0 bridgehead atoms. The van der Waals surface area contributed by atoms with Crippen LogP contribution >= 0.6 is 27.7 Å². The van der Waals surface area contributed by atoms with Gasteiger partial charge in [0.25, 0.3) is 0 Å². The van der Waals surface area contributed by atoms with Crippen LogP contribution < -0.4 is 0 Å². The Balaban J connectivity index is 1.95. The molecule has 96 valence electrons. The molecule has 4 nitrogen and oxygen atoms in total. The standard InChI is InChI=1S/C12H13BrN2O2S/c13-10-4-2-9(3-5-10)12-15-14-11(17-12)8-18-7-1-6-16/h2-5,16H,1,6-8H2. The van der Waals surface area contributed by atoms with Gasteiger partial charge in [-0.25, -0.2) is 0 Å². The second-order valence-corrected chi connectivity index (χ2v) is 5.66. The summed E-state index contributed by atoms with van der Waals surface area (Å²) in [5.74, 6) is 2.74. The van der Waals surface area contributed by atoms with Crippen molar-refractivity contribution >= 4 is 27.7 Å². The number of aliphatic hydroxyl groups excluding tert-OH is 1. The van der Waals surface area contributed by atoms with E-state index in [1.165, 1.54) is 0 Å². The predicted molar refractivity (Wildman–Crippen MR) is 75.3 cm³/mol. The maximum Gasteiger partial charge on any atom is 0.247 e. The Bertz CT molecular complexity index is 487. The second-order valence-electron chi connectivity index (χ2n) is 3.64. The fourth-order valence-electron chi connectivity index (χ4n) is 1.35. The molecule has 6 heteroatoms. The van der Waals surface area contributed by atoms with Crippen molar-refractivity contribution in [2.75, 3.05) is 12.4 Å². The van der Waals surface area contributed by atoms with Gasteiger partial charge in [-0.15, -0.1) is 10.2 Å². The molecule has 0 spiro atoms. The Morgan fingerprint density at radius 2 is 2.00 bits per heavy atom. The zero-order valence-corrected chi connectivity index (χ0v) is 12.1. The average molecular weight is 329 g/mol. The van der Waals surface area contributed by atoms with E-state index in [4.69, 9.17) is 9.52 Å². The van der Waals surface area contributed by atoms with E-state index in [1.54, 1.807) is 11.8 Å². The van der Waals surface area contributed by atoms with E-state index in [9.17, 15) is 0 Å². The van der Waals surface area contributed by atoms with E-state index in [2.05, 4.69) is 26.1 Å². The van der Waals surface area contributed by atoms with Crippen LogP contribution in [0.2, 0.25) is 0 Å². The van der Waals surface area contributed by atoms with Gasteiger partial charge in [-0.2, -0.15) is 11.8 Å². The molecule has 0 aliphatic rings. The number of benzene rings is 1. The van der Waals surface area contributed by atoms with Crippen LogP contribution in [0.5, 0.6) is 0 Å². The van der Waals surface area contributed by atoms with Crippen LogP contribution in [0.15, 0.2) is 33.2 Å². The summed E-state index contributed by atoms with van der Waals surface area (Å²) >= 11 is 5.06. The van der Waals surface area contributed by atoms with Crippen LogP contribution in [0.3, 0.4) is 0 Å². The van der Waals surface area contributed by atoms with Gasteiger partial charge in [-0.3, -0.25) is 0 Å². The number of halogens is 1. The van der Waals surface area contributed by atoms with Gasteiger partial charge >= 0.3 is 0 Å². The van der Waals surface area contributed by atoms with Gasteiger partial charge in [0.15, 0.2) is 0 Å². The van der Waals surface area contributed by atoms with Crippen LogP contribution in [0.1, 0.15) is 12.3 Å². The molecule has 0 amide bonds. The van der Waals surface area contributed by atoms with Crippen molar-refractivity contribution < 1.29 is 9.52 Å². The summed E-state index contributed by atoms with van der Waals surface area (Å²) in [6.07, 6.45) is 0.790. The van der Waals surface area contributed by atoms with Crippen molar-refractivity contribution in [3.05, 3.63) is 34.6 Å². The summed E-state index contributed by atoms with van der Waals surface area (Å²) in [7, 11) is 0. The lowest BCUT2D eigenvalue weighted by atomic mass is 10.2. The third kappa shape index (κ3) is 3.83. The highest BCUT2D eigenvalue weighted by Gasteiger charge is 2.08. The third-order valence-electron chi connectivity index (χ3n) is 2.23. The Kier molecular flexibility index (Phi) is 5.22. The molecule has 0 aliphatic carbocycles. The van der Waals surface area contributed by atoms with Crippen LogP contribution in [0.25, 0.3) is 11.5 Å². The molecular weight excluding hydrogens is 316 g/mol. The quantitative estimate of drug-likeness (QED) is 0.825. The van der Waals surface area contributed by atoms with Crippen LogP contribution in [0.4, 0.5) is 0 Å². The van der Waals surface area contributed by atoms with Crippen LogP contribution in [0, 0.1) is 0 Å². The molecule has 0 radical (unpaired) electrons. The zero-order chi connectivity index (χ0) is 12.8. The number of hydrogen-bond acceptors (Lipinski definition) is 5. The fourth-order valence-corrected chi connectivity index (χ4v) is 2.38. The topological polar surface area (TPSA) is 59.2 Å². The Hall–Kier alpha value is -0.850. The number of thioether (sulfide) groups is 1. The van der Waals surface area contributed by atoms with Gasteiger partial charge < -0.3 is 9.52 Å². The van der Waals surface area contributed by atoms with Crippen LogP contribution in [-0.2, 0) is 5.75 Å². The van der Waals surface area contributed by atoms with E-state index >= 15 is 0 Å².